The Morgan fingerprint density at radius 1 is 1.21 bits per heavy atom. The van der Waals surface area contributed by atoms with Crippen LogP contribution in [-0.4, -0.2) is 15.9 Å². The smallest absolute Gasteiger partial charge is 0.233 e. The van der Waals surface area contributed by atoms with Crippen LogP contribution < -0.4 is 4.74 Å². The highest BCUT2D eigenvalue weighted by molar-refractivity contribution is 5.25. The summed E-state index contributed by atoms with van der Waals surface area (Å²) in [5.74, 6) is 0.778. The molecule has 0 aliphatic heterocycles. The van der Waals surface area contributed by atoms with Crippen LogP contribution in [0.4, 0.5) is 0 Å². The maximum absolute atomic E-state index is 5.94. The summed E-state index contributed by atoms with van der Waals surface area (Å²) in [7, 11) is 1.99. The zero-order chi connectivity index (χ0) is 13.1. The number of ether oxygens (including phenoxy) is 1. The van der Waals surface area contributed by atoms with Gasteiger partial charge < -0.3 is 4.74 Å². The molecule has 0 N–H and O–H groups in total. The molecular weight excluding hydrogens is 236 g/mol. The molecule has 0 bridgehead atoms. The Hall–Kier alpha value is -1.77. The molecule has 19 heavy (non-hydrogen) atoms. The molecule has 100 valence electrons. The van der Waals surface area contributed by atoms with Crippen molar-refractivity contribution in [3.63, 3.8) is 0 Å². The van der Waals surface area contributed by atoms with Gasteiger partial charge in [0.15, 0.2) is 0 Å². The lowest BCUT2D eigenvalue weighted by atomic mass is 10.1. The van der Waals surface area contributed by atoms with E-state index in [2.05, 4.69) is 35.4 Å². The zero-order valence-corrected chi connectivity index (χ0v) is 11.4. The normalized spacial score (nSPS) is 15.8. The fourth-order valence-corrected chi connectivity index (χ4v) is 2.68. The first-order valence-corrected chi connectivity index (χ1v) is 7.05. The largest absolute Gasteiger partial charge is 0.473 e. The Morgan fingerprint density at radius 3 is 2.68 bits per heavy atom. The Balaban J connectivity index is 1.70. The van der Waals surface area contributed by atoms with Crippen molar-refractivity contribution >= 4 is 0 Å². The van der Waals surface area contributed by atoms with E-state index >= 15 is 0 Å². The van der Waals surface area contributed by atoms with Crippen molar-refractivity contribution in [2.75, 3.05) is 0 Å². The van der Waals surface area contributed by atoms with Crippen molar-refractivity contribution in [2.24, 2.45) is 7.05 Å². The fourth-order valence-electron chi connectivity index (χ4n) is 2.68. The van der Waals surface area contributed by atoms with Crippen LogP contribution in [0.2, 0.25) is 0 Å². The highest BCUT2D eigenvalue weighted by Crippen LogP contribution is 2.24. The Kier molecular flexibility index (Phi) is 3.53. The van der Waals surface area contributed by atoms with Crippen molar-refractivity contribution in [3.8, 4) is 5.88 Å². The predicted molar refractivity (Wildman–Crippen MR) is 75.3 cm³/mol. The van der Waals surface area contributed by atoms with Crippen LogP contribution in [0.1, 0.15) is 36.9 Å². The molecule has 2 aromatic rings. The van der Waals surface area contributed by atoms with Gasteiger partial charge in [0.1, 0.15) is 6.10 Å². The summed E-state index contributed by atoms with van der Waals surface area (Å²) in [6.07, 6.45) is 6.19. The number of rotatable bonds is 4. The summed E-state index contributed by atoms with van der Waals surface area (Å²) in [6.45, 7) is 0. The maximum atomic E-state index is 5.94. The molecule has 0 atom stereocenters. The van der Waals surface area contributed by atoms with Gasteiger partial charge in [0.05, 0.1) is 0 Å². The zero-order valence-electron chi connectivity index (χ0n) is 11.4. The molecule has 1 saturated carbocycles. The van der Waals surface area contributed by atoms with Crippen LogP contribution in [0.25, 0.3) is 0 Å². The van der Waals surface area contributed by atoms with Crippen LogP contribution in [0, 0.1) is 0 Å². The van der Waals surface area contributed by atoms with Crippen LogP contribution in [-0.2, 0) is 13.5 Å². The SMILES string of the molecule is Cn1nc(OC2CCCC2)cc1Cc1ccccc1. The van der Waals surface area contributed by atoms with Crippen LogP contribution >= 0.6 is 0 Å². The molecule has 3 heteroatoms. The van der Waals surface area contributed by atoms with Crippen molar-refractivity contribution in [1.29, 1.82) is 0 Å². The minimum atomic E-state index is 0.375. The van der Waals surface area contributed by atoms with E-state index in [1.54, 1.807) is 0 Å². The molecular formula is C16H20N2O. The van der Waals surface area contributed by atoms with E-state index < -0.39 is 0 Å². The Labute approximate surface area is 114 Å². The average Bonchev–Trinajstić information content (AvgIpc) is 3.02. The molecule has 0 spiro atoms. The molecule has 1 aliphatic rings. The Morgan fingerprint density at radius 2 is 1.95 bits per heavy atom. The third-order valence-electron chi connectivity index (χ3n) is 3.77. The average molecular weight is 256 g/mol. The topological polar surface area (TPSA) is 27.1 Å². The summed E-state index contributed by atoms with van der Waals surface area (Å²) in [6, 6.07) is 12.5. The van der Waals surface area contributed by atoms with Gasteiger partial charge in [0, 0.05) is 25.2 Å². The van der Waals surface area contributed by atoms with Crippen molar-refractivity contribution in [2.45, 2.75) is 38.2 Å². The van der Waals surface area contributed by atoms with Gasteiger partial charge in [-0.25, -0.2) is 0 Å². The van der Waals surface area contributed by atoms with E-state index in [9.17, 15) is 0 Å². The lowest BCUT2D eigenvalue weighted by molar-refractivity contribution is 0.200. The predicted octanol–water partition coefficient (Wildman–Crippen LogP) is 3.33. The highest BCUT2D eigenvalue weighted by Gasteiger charge is 2.18. The summed E-state index contributed by atoms with van der Waals surface area (Å²) < 4.78 is 7.87. The second kappa shape index (κ2) is 5.47. The van der Waals surface area contributed by atoms with E-state index in [0.717, 1.165) is 12.3 Å². The molecule has 0 amide bonds. The van der Waals surface area contributed by atoms with Gasteiger partial charge in [-0.05, 0) is 31.2 Å². The summed E-state index contributed by atoms with van der Waals surface area (Å²) in [5, 5.41) is 4.46. The third-order valence-corrected chi connectivity index (χ3v) is 3.77. The molecule has 1 aliphatic carbocycles. The van der Waals surface area contributed by atoms with E-state index in [-0.39, 0.29) is 0 Å². The summed E-state index contributed by atoms with van der Waals surface area (Å²) in [4.78, 5) is 0. The third kappa shape index (κ3) is 2.98. The van der Waals surface area contributed by atoms with Gasteiger partial charge in [0.2, 0.25) is 5.88 Å². The van der Waals surface area contributed by atoms with Crippen molar-refractivity contribution < 1.29 is 4.74 Å². The van der Waals surface area contributed by atoms with E-state index in [0.29, 0.717) is 6.10 Å². The van der Waals surface area contributed by atoms with E-state index in [1.807, 2.05) is 17.8 Å². The highest BCUT2D eigenvalue weighted by atomic mass is 16.5. The van der Waals surface area contributed by atoms with Crippen LogP contribution in [0.15, 0.2) is 36.4 Å². The summed E-state index contributed by atoms with van der Waals surface area (Å²) >= 11 is 0. The van der Waals surface area contributed by atoms with Crippen LogP contribution in [0.3, 0.4) is 0 Å². The first-order valence-electron chi connectivity index (χ1n) is 7.05. The first-order chi connectivity index (χ1) is 9.31. The van der Waals surface area contributed by atoms with Gasteiger partial charge >= 0.3 is 0 Å². The van der Waals surface area contributed by atoms with Gasteiger partial charge in [0.25, 0.3) is 0 Å². The monoisotopic (exact) mass is 256 g/mol. The van der Waals surface area contributed by atoms with E-state index in [4.69, 9.17) is 4.74 Å². The molecule has 0 unspecified atom stereocenters. The molecule has 3 nitrogen and oxygen atoms in total. The lowest BCUT2D eigenvalue weighted by Gasteiger charge is -2.08. The number of nitrogens with zero attached hydrogens (tertiary/aromatic N) is 2. The molecule has 1 aromatic heterocycles. The maximum Gasteiger partial charge on any atom is 0.233 e. The summed E-state index contributed by atoms with van der Waals surface area (Å²) in [5.41, 5.74) is 2.50. The van der Waals surface area contributed by atoms with Gasteiger partial charge in [-0.3, -0.25) is 4.68 Å². The first kappa shape index (κ1) is 12.3. The minimum absolute atomic E-state index is 0.375. The quantitative estimate of drug-likeness (QED) is 0.839. The second-order valence-corrected chi connectivity index (χ2v) is 5.28. The number of benzene rings is 1. The minimum Gasteiger partial charge on any atom is -0.473 e. The van der Waals surface area contributed by atoms with E-state index in [1.165, 1.54) is 36.9 Å². The lowest BCUT2D eigenvalue weighted by Crippen LogP contribution is -2.11. The Bertz CT molecular complexity index is 527. The number of hydrogen-bond donors (Lipinski definition) is 0. The standard InChI is InChI=1S/C16H20N2O/c1-18-14(11-13-7-3-2-4-8-13)12-16(17-18)19-15-9-5-6-10-15/h2-4,7-8,12,15H,5-6,9-11H2,1H3. The van der Waals surface area contributed by atoms with Gasteiger partial charge in [-0.1, -0.05) is 30.3 Å². The molecule has 1 aromatic carbocycles. The number of aromatic nitrogens is 2. The van der Waals surface area contributed by atoms with Crippen molar-refractivity contribution in [3.05, 3.63) is 47.7 Å². The fraction of sp³-hybridized carbons (Fsp3) is 0.438. The van der Waals surface area contributed by atoms with Crippen LogP contribution in [0.5, 0.6) is 5.88 Å². The molecule has 1 heterocycles. The number of hydrogen-bond acceptors (Lipinski definition) is 2. The van der Waals surface area contributed by atoms with Crippen molar-refractivity contribution in [1.82, 2.24) is 9.78 Å². The molecule has 1 fully saturated rings. The molecule has 0 radical (unpaired) electrons. The molecule has 3 rings (SSSR count). The van der Waals surface area contributed by atoms with Gasteiger partial charge in [-0.15, -0.1) is 5.10 Å². The number of aryl methyl sites for hydroxylation is 1. The van der Waals surface area contributed by atoms with Gasteiger partial charge in [-0.2, -0.15) is 0 Å². The second-order valence-electron chi connectivity index (χ2n) is 5.28. The molecule has 0 saturated heterocycles.